The number of hydrogen-bond donors (Lipinski definition) is 1. The van der Waals surface area contributed by atoms with Gasteiger partial charge in [0.2, 0.25) is 10.0 Å². The Kier molecular flexibility index (Phi) is 2.92. The number of aromatic amines is 1. The molecule has 3 aromatic heterocycles. The summed E-state index contributed by atoms with van der Waals surface area (Å²) in [7, 11) is -3.15. The Morgan fingerprint density at radius 1 is 1.32 bits per heavy atom. The van der Waals surface area contributed by atoms with E-state index in [0.29, 0.717) is 18.7 Å². The molecular formula is C14H15N5O2S. The minimum atomic E-state index is -3.15. The number of H-pyrrole nitrogens is 1. The highest BCUT2D eigenvalue weighted by Crippen LogP contribution is 2.34. The number of nitrogens with one attached hydrogen (secondary N) is 1. The number of hydrogen-bond acceptors (Lipinski definition) is 5. The van der Waals surface area contributed by atoms with Crippen LogP contribution in [0.3, 0.4) is 0 Å². The van der Waals surface area contributed by atoms with E-state index < -0.39 is 10.0 Å². The zero-order chi connectivity index (χ0) is 15.3. The van der Waals surface area contributed by atoms with Gasteiger partial charge in [-0.1, -0.05) is 0 Å². The molecule has 4 heterocycles. The van der Waals surface area contributed by atoms with Crippen LogP contribution in [0.25, 0.3) is 21.8 Å². The molecule has 1 N–H and O–H groups in total. The van der Waals surface area contributed by atoms with Gasteiger partial charge in [0.15, 0.2) is 5.65 Å². The first-order valence-electron chi connectivity index (χ1n) is 7.06. The molecule has 1 aliphatic rings. The van der Waals surface area contributed by atoms with Gasteiger partial charge in [0.05, 0.1) is 12.5 Å². The molecule has 0 aliphatic carbocycles. The molecule has 114 valence electrons. The Hall–Kier alpha value is -2.06. The van der Waals surface area contributed by atoms with Crippen molar-refractivity contribution in [2.45, 2.75) is 12.3 Å². The highest BCUT2D eigenvalue weighted by atomic mass is 32.2. The fraction of sp³-hybridized carbons (Fsp3) is 0.357. The average Bonchev–Trinajstić information content (AvgIpc) is 3.15. The molecule has 0 aromatic carbocycles. The van der Waals surface area contributed by atoms with Crippen molar-refractivity contribution in [2.24, 2.45) is 0 Å². The van der Waals surface area contributed by atoms with Gasteiger partial charge < -0.3 is 0 Å². The Bertz CT molecular complexity index is 966. The number of aromatic nitrogens is 4. The molecule has 0 saturated carbocycles. The van der Waals surface area contributed by atoms with Gasteiger partial charge in [-0.3, -0.25) is 5.10 Å². The van der Waals surface area contributed by atoms with Crippen molar-refractivity contribution in [2.75, 3.05) is 19.3 Å². The summed E-state index contributed by atoms with van der Waals surface area (Å²) in [6, 6.07) is 1.94. The third-order valence-corrected chi connectivity index (χ3v) is 5.52. The fourth-order valence-electron chi connectivity index (χ4n) is 3.16. The van der Waals surface area contributed by atoms with Gasteiger partial charge in [-0.15, -0.1) is 0 Å². The van der Waals surface area contributed by atoms with E-state index in [9.17, 15) is 8.42 Å². The number of pyridine rings is 1. The maximum absolute atomic E-state index is 11.7. The zero-order valence-corrected chi connectivity index (χ0v) is 12.8. The summed E-state index contributed by atoms with van der Waals surface area (Å²) in [5.41, 5.74) is 1.66. The fourth-order valence-corrected chi connectivity index (χ4v) is 4.05. The van der Waals surface area contributed by atoms with Crippen LogP contribution in [-0.2, 0) is 10.0 Å². The second-order valence-corrected chi connectivity index (χ2v) is 7.64. The maximum atomic E-state index is 11.7. The Labute approximate surface area is 127 Å². The normalized spacial score (nSPS) is 20.1. The lowest BCUT2D eigenvalue weighted by molar-refractivity contribution is 0.477. The average molecular weight is 317 g/mol. The van der Waals surface area contributed by atoms with Gasteiger partial charge >= 0.3 is 0 Å². The SMILES string of the molecule is CS(=O)(=O)N1CCC(c2[nH]ncc3cnc4nccc4c23)C1. The van der Waals surface area contributed by atoms with Crippen LogP contribution >= 0.6 is 0 Å². The lowest BCUT2D eigenvalue weighted by Crippen LogP contribution is -2.27. The molecule has 8 heteroatoms. The molecule has 1 aliphatic heterocycles. The first kappa shape index (κ1) is 13.6. The van der Waals surface area contributed by atoms with Crippen molar-refractivity contribution in [3.8, 4) is 0 Å². The van der Waals surface area contributed by atoms with E-state index in [1.165, 1.54) is 10.6 Å². The predicted octanol–water partition coefficient (Wildman–Crippen LogP) is 1.25. The van der Waals surface area contributed by atoms with Gasteiger partial charge in [-0.25, -0.2) is 22.7 Å². The molecule has 0 radical (unpaired) electrons. The first-order valence-corrected chi connectivity index (χ1v) is 8.90. The molecule has 0 amide bonds. The van der Waals surface area contributed by atoms with Crippen LogP contribution in [0.15, 0.2) is 24.7 Å². The number of sulfonamides is 1. The minimum absolute atomic E-state index is 0.103. The topological polar surface area (TPSA) is 91.8 Å². The lowest BCUT2D eigenvalue weighted by Gasteiger charge is -2.15. The standard InChI is InChI=1S/C14H15N5O2S/c1-22(20,21)19-5-3-9(8-19)13-12-10(7-17-18-13)6-16-14-11(12)2-4-15-14/h2,4,6-7,9,18H,3,5,8H2,1H3. The van der Waals surface area contributed by atoms with Crippen molar-refractivity contribution in [1.29, 1.82) is 0 Å². The molecule has 3 aromatic rings. The number of nitrogens with zero attached hydrogens (tertiary/aromatic N) is 4. The Morgan fingerprint density at radius 2 is 2.18 bits per heavy atom. The van der Waals surface area contributed by atoms with E-state index in [0.717, 1.165) is 28.3 Å². The van der Waals surface area contributed by atoms with Gasteiger partial charge in [0.1, 0.15) is 0 Å². The monoisotopic (exact) mass is 317 g/mol. The predicted molar refractivity (Wildman–Crippen MR) is 83.0 cm³/mol. The lowest BCUT2D eigenvalue weighted by atomic mass is 9.98. The van der Waals surface area contributed by atoms with Gasteiger partial charge in [-0.05, 0) is 12.5 Å². The Morgan fingerprint density at radius 3 is 2.95 bits per heavy atom. The second-order valence-electron chi connectivity index (χ2n) is 5.66. The molecular weight excluding hydrogens is 302 g/mol. The molecule has 1 unspecified atom stereocenters. The molecule has 4 rings (SSSR count). The van der Waals surface area contributed by atoms with Crippen LogP contribution in [0.2, 0.25) is 0 Å². The molecule has 22 heavy (non-hydrogen) atoms. The molecule has 0 spiro atoms. The van der Waals surface area contributed by atoms with Crippen LogP contribution in [0.4, 0.5) is 0 Å². The summed E-state index contributed by atoms with van der Waals surface area (Å²) in [6.45, 7) is 1.02. The van der Waals surface area contributed by atoms with Crippen LogP contribution in [0.1, 0.15) is 18.0 Å². The first-order chi connectivity index (χ1) is 10.5. The van der Waals surface area contributed by atoms with Crippen molar-refractivity contribution >= 4 is 31.8 Å². The van der Waals surface area contributed by atoms with Crippen LogP contribution in [0, 0.1) is 0 Å². The van der Waals surface area contributed by atoms with Crippen LogP contribution in [0.5, 0.6) is 0 Å². The van der Waals surface area contributed by atoms with Crippen molar-refractivity contribution in [1.82, 2.24) is 24.5 Å². The van der Waals surface area contributed by atoms with E-state index in [-0.39, 0.29) is 5.92 Å². The third-order valence-electron chi connectivity index (χ3n) is 4.25. The summed E-state index contributed by atoms with van der Waals surface area (Å²) in [6.07, 6.45) is 7.27. The largest absolute Gasteiger partial charge is 0.282 e. The summed E-state index contributed by atoms with van der Waals surface area (Å²) in [4.78, 5) is 8.56. The van der Waals surface area contributed by atoms with E-state index in [1.54, 1.807) is 18.6 Å². The van der Waals surface area contributed by atoms with Crippen LogP contribution < -0.4 is 0 Å². The smallest absolute Gasteiger partial charge is 0.211 e. The number of fused-ring (bicyclic) bond motifs is 3. The quantitative estimate of drug-likeness (QED) is 0.768. The molecule has 7 nitrogen and oxygen atoms in total. The highest BCUT2D eigenvalue weighted by molar-refractivity contribution is 7.88. The molecule has 1 fully saturated rings. The van der Waals surface area contributed by atoms with Gasteiger partial charge in [0.25, 0.3) is 0 Å². The third kappa shape index (κ3) is 2.06. The van der Waals surface area contributed by atoms with E-state index >= 15 is 0 Å². The second kappa shape index (κ2) is 4.72. The number of rotatable bonds is 2. The van der Waals surface area contributed by atoms with Crippen molar-refractivity contribution in [3.63, 3.8) is 0 Å². The molecule has 0 bridgehead atoms. The summed E-state index contributed by atoms with van der Waals surface area (Å²) < 4.78 is 25.0. The van der Waals surface area contributed by atoms with E-state index in [4.69, 9.17) is 0 Å². The van der Waals surface area contributed by atoms with E-state index in [2.05, 4.69) is 20.2 Å². The highest BCUT2D eigenvalue weighted by Gasteiger charge is 2.31. The molecule has 1 saturated heterocycles. The Balaban J connectivity index is 1.87. The van der Waals surface area contributed by atoms with Crippen molar-refractivity contribution in [3.05, 3.63) is 30.4 Å². The van der Waals surface area contributed by atoms with Crippen LogP contribution in [-0.4, -0.2) is 52.2 Å². The molecule has 1 atom stereocenters. The summed E-state index contributed by atoms with van der Waals surface area (Å²) in [5.74, 6) is 0.103. The summed E-state index contributed by atoms with van der Waals surface area (Å²) >= 11 is 0. The minimum Gasteiger partial charge on any atom is -0.282 e. The van der Waals surface area contributed by atoms with Gasteiger partial charge in [-0.2, -0.15) is 5.10 Å². The van der Waals surface area contributed by atoms with Gasteiger partial charge in [0, 0.05) is 53.3 Å². The maximum Gasteiger partial charge on any atom is 0.211 e. The van der Waals surface area contributed by atoms with E-state index in [1.807, 2.05) is 6.07 Å². The zero-order valence-electron chi connectivity index (χ0n) is 12.0. The summed E-state index contributed by atoms with van der Waals surface area (Å²) in [5, 5.41) is 10.2. The van der Waals surface area contributed by atoms with Crippen molar-refractivity contribution < 1.29 is 8.42 Å².